The van der Waals surface area contributed by atoms with Gasteiger partial charge in [0.05, 0.1) is 19.4 Å². The maximum Gasteiger partial charge on any atom is 0.224 e. The van der Waals surface area contributed by atoms with Crippen LogP contribution in [0, 0.1) is 0 Å². The Labute approximate surface area is 168 Å². The van der Waals surface area contributed by atoms with Crippen molar-refractivity contribution in [1.82, 2.24) is 4.98 Å². The molecule has 6 heteroatoms. The summed E-state index contributed by atoms with van der Waals surface area (Å²) in [6.07, 6.45) is 2.24. The molecule has 0 saturated carbocycles. The highest BCUT2D eigenvalue weighted by Crippen LogP contribution is 2.36. The van der Waals surface area contributed by atoms with Crippen LogP contribution < -0.4 is 14.8 Å². The number of rotatable bonds is 6. The van der Waals surface area contributed by atoms with E-state index in [9.17, 15) is 4.79 Å². The van der Waals surface area contributed by atoms with Gasteiger partial charge >= 0.3 is 0 Å². The van der Waals surface area contributed by atoms with Crippen LogP contribution in [0.15, 0.2) is 41.8 Å². The molecule has 3 aromatic rings. The molecule has 144 valence electrons. The lowest BCUT2D eigenvalue weighted by Gasteiger charge is -2.17. The fourth-order valence-corrected chi connectivity index (χ4v) is 4.04. The van der Waals surface area contributed by atoms with Gasteiger partial charge in [0.2, 0.25) is 5.91 Å². The summed E-state index contributed by atoms with van der Waals surface area (Å²) in [5.41, 5.74) is 5.07. The molecule has 28 heavy (non-hydrogen) atoms. The molecule has 0 radical (unpaired) electrons. The molecule has 1 aliphatic rings. The Kier molecular flexibility index (Phi) is 5.30. The minimum Gasteiger partial charge on any atom is -0.493 e. The van der Waals surface area contributed by atoms with E-state index in [1.165, 1.54) is 0 Å². The highest BCUT2D eigenvalue weighted by Gasteiger charge is 2.16. The van der Waals surface area contributed by atoms with Gasteiger partial charge in [-0.25, -0.2) is 4.98 Å². The molecule has 0 fully saturated rings. The third kappa shape index (κ3) is 3.73. The van der Waals surface area contributed by atoms with Gasteiger partial charge in [-0.2, -0.15) is 0 Å². The fourth-order valence-electron chi connectivity index (χ4n) is 3.22. The second-order valence-electron chi connectivity index (χ2n) is 6.67. The summed E-state index contributed by atoms with van der Waals surface area (Å²) in [6.45, 7) is 2.72. The number of thiazole rings is 1. The predicted octanol–water partition coefficient (Wildman–Crippen LogP) is 5.16. The summed E-state index contributed by atoms with van der Waals surface area (Å²) in [7, 11) is 1.65. The number of carbonyl (C=O) groups is 1. The molecule has 0 unspecified atom stereocenters. The summed E-state index contributed by atoms with van der Waals surface area (Å²) in [6, 6.07) is 12.0. The van der Waals surface area contributed by atoms with E-state index < -0.39 is 0 Å². The number of aromatic nitrogens is 1. The second-order valence-corrected chi connectivity index (χ2v) is 7.53. The van der Waals surface area contributed by atoms with Gasteiger partial charge in [0.15, 0.2) is 11.5 Å². The van der Waals surface area contributed by atoms with Gasteiger partial charge in [0, 0.05) is 28.6 Å². The predicted molar refractivity (Wildman–Crippen MR) is 112 cm³/mol. The number of ether oxygens (including phenoxy) is 2. The van der Waals surface area contributed by atoms with E-state index in [-0.39, 0.29) is 5.91 Å². The Bertz CT molecular complexity index is 1010. The normalized spacial score (nSPS) is 13.0. The fraction of sp³-hybridized carbons (Fsp3) is 0.273. The quantitative estimate of drug-likeness (QED) is 0.627. The molecule has 0 saturated heterocycles. The number of aryl methyl sites for hydroxylation is 1. The van der Waals surface area contributed by atoms with Gasteiger partial charge < -0.3 is 14.8 Å². The van der Waals surface area contributed by atoms with Crippen LogP contribution in [0.1, 0.15) is 25.3 Å². The van der Waals surface area contributed by atoms with Crippen molar-refractivity contribution in [2.24, 2.45) is 0 Å². The Hall–Kier alpha value is -2.86. The molecule has 1 aromatic heterocycles. The lowest BCUT2D eigenvalue weighted by molar-refractivity contribution is -0.116. The third-order valence-corrected chi connectivity index (χ3v) is 5.56. The Morgan fingerprint density at radius 1 is 1.11 bits per heavy atom. The number of benzene rings is 2. The Balaban J connectivity index is 1.62. The van der Waals surface area contributed by atoms with Crippen molar-refractivity contribution in [2.45, 2.75) is 26.2 Å². The average molecular weight is 394 g/mol. The van der Waals surface area contributed by atoms with Crippen LogP contribution in [0.4, 0.5) is 5.69 Å². The Morgan fingerprint density at radius 2 is 1.96 bits per heavy atom. The average Bonchev–Trinajstić information content (AvgIpc) is 3.22. The van der Waals surface area contributed by atoms with Crippen molar-refractivity contribution >= 4 is 22.9 Å². The summed E-state index contributed by atoms with van der Waals surface area (Å²) in [5, 5.41) is 5.92. The molecule has 1 aliphatic heterocycles. The van der Waals surface area contributed by atoms with Crippen LogP contribution in [0.3, 0.4) is 0 Å². The number of hydrogen-bond donors (Lipinski definition) is 1. The minimum atomic E-state index is 0.0804. The van der Waals surface area contributed by atoms with Gasteiger partial charge in [-0.1, -0.05) is 13.0 Å². The van der Waals surface area contributed by atoms with E-state index in [2.05, 4.69) is 23.7 Å². The third-order valence-electron chi connectivity index (χ3n) is 4.67. The number of anilines is 1. The van der Waals surface area contributed by atoms with E-state index in [1.54, 1.807) is 18.4 Å². The first-order valence-electron chi connectivity index (χ1n) is 9.38. The van der Waals surface area contributed by atoms with E-state index in [0.717, 1.165) is 57.4 Å². The van der Waals surface area contributed by atoms with E-state index in [1.807, 2.05) is 30.3 Å². The number of nitrogens with one attached hydrogen (secondary N) is 1. The largest absolute Gasteiger partial charge is 0.493 e. The molecule has 0 spiro atoms. The van der Waals surface area contributed by atoms with Gasteiger partial charge in [-0.15, -0.1) is 11.3 Å². The van der Waals surface area contributed by atoms with E-state index in [0.29, 0.717) is 13.0 Å². The molecule has 1 amide bonds. The van der Waals surface area contributed by atoms with Crippen LogP contribution in [0.25, 0.3) is 21.8 Å². The van der Waals surface area contributed by atoms with Crippen molar-refractivity contribution in [1.29, 1.82) is 0 Å². The molecule has 1 N–H and O–H groups in total. The van der Waals surface area contributed by atoms with Crippen molar-refractivity contribution in [2.75, 3.05) is 19.0 Å². The van der Waals surface area contributed by atoms with Gasteiger partial charge in [-0.3, -0.25) is 4.79 Å². The van der Waals surface area contributed by atoms with Crippen molar-refractivity contribution in [3.05, 3.63) is 47.3 Å². The molecule has 0 atom stereocenters. The number of fused-ring (bicyclic) bond motifs is 1. The second kappa shape index (κ2) is 8.02. The molecule has 2 aromatic carbocycles. The summed E-state index contributed by atoms with van der Waals surface area (Å²) in [5.74, 6) is 1.55. The van der Waals surface area contributed by atoms with Crippen LogP contribution >= 0.6 is 11.3 Å². The van der Waals surface area contributed by atoms with Crippen LogP contribution in [-0.4, -0.2) is 24.6 Å². The smallest absolute Gasteiger partial charge is 0.224 e. The van der Waals surface area contributed by atoms with Crippen molar-refractivity contribution in [3.8, 4) is 33.3 Å². The zero-order valence-electron chi connectivity index (χ0n) is 16.0. The number of amides is 1. The highest BCUT2D eigenvalue weighted by molar-refractivity contribution is 7.13. The summed E-state index contributed by atoms with van der Waals surface area (Å²) in [4.78, 5) is 16.4. The standard InChI is InChI=1S/C22H22N2O3S/c1-3-10-27-20-12-16(5-8-19(20)26-2)22-24-18(13-28-22)15-4-7-17-14(11-15)6-9-21(25)23-17/h4-5,7-8,11-13H,3,6,9-10H2,1-2H3,(H,23,25). The molecule has 0 aliphatic carbocycles. The van der Waals surface area contributed by atoms with E-state index >= 15 is 0 Å². The maximum atomic E-state index is 11.5. The van der Waals surface area contributed by atoms with Crippen LogP contribution in [-0.2, 0) is 11.2 Å². The zero-order valence-corrected chi connectivity index (χ0v) is 16.8. The SMILES string of the molecule is CCCOc1cc(-c2nc(-c3ccc4c(c3)CCC(=O)N4)cs2)ccc1OC. The summed E-state index contributed by atoms with van der Waals surface area (Å²) >= 11 is 1.60. The number of carbonyl (C=O) groups excluding carboxylic acids is 1. The van der Waals surface area contributed by atoms with Crippen molar-refractivity contribution < 1.29 is 14.3 Å². The maximum absolute atomic E-state index is 11.5. The first kappa shape index (κ1) is 18.5. The van der Waals surface area contributed by atoms with Gasteiger partial charge in [-0.05, 0) is 48.7 Å². The first-order valence-corrected chi connectivity index (χ1v) is 10.3. The van der Waals surface area contributed by atoms with Gasteiger partial charge in [0.25, 0.3) is 0 Å². The molecule has 5 nitrogen and oxygen atoms in total. The molecule has 0 bridgehead atoms. The van der Waals surface area contributed by atoms with Crippen molar-refractivity contribution in [3.63, 3.8) is 0 Å². The number of methoxy groups -OCH3 is 1. The topological polar surface area (TPSA) is 60.5 Å². The van der Waals surface area contributed by atoms with Crippen LogP contribution in [0.5, 0.6) is 11.5 Å². The molecule has 2 heterocycles. The van der Waals surface area contributed by atoms with E-state index in [4.69, 9.17) is 14.5 Å². The number of nitrogens with zero attached hydrogens (tertiary/aromatic N) is 1. The first-order chi connectivity index (χ1) is 13.7. The monoisotopic (exact) mass is 394 g/mol. The zero-order chi connectivity index (χ0) is 19.5. The highest BCUT2D eigenvalue weighted by atomic mass is 32.1. The lowest BCUT2D eigenvalue weighted by Crippen LogP contribution is -2.18. The minimum absolute atomic E-state index is 0.0804. The Morgan fingerprint density at radius 3 is 2.79 bits per heavy atom. The summed E-state index contributed by atoms with van der Waals surface area (Å²) < 4.78 is 11.2. The molecular weight excluding hydrogens is 372 g/mol. The molecular formula is C22H22N2O3S. The molecule has 4 rings (SSSR count). The number of hydrogen-bond acceptors (Lipinski definition) is 5. The lowest BCUT2D eigenvalue weighted by atomic mass is 9.99. The van der Waals surface area contributed by atoms with Gasteiger partial charge in [0.1, 0.15) is 5.01 Å². The van der Waals surface area contributed by atoms with Crippen LogP contribution in [0.2, 0.25) is 0 Å².